The predicted octanol–water partition coefficient (Wildman–Crippen LogP) is 4.39. The predicted molar refractivity (Wildman–Crippen MR) is 94.6 cm³/mol. The number of nitrogens with one attached hydrogen (secondary N) is 1. The molecule has 3 atom stereocenters. The maximum Gasteiger partial charge on any atom is 0.410 e. The van der Waals surface area contributed by atoms with Crippen LogP contribution >= 0.6 is 11.6 Å². The summed E-state index contributed by atoms with van der Waals surface area (Å²) < 4.78 is 5.56. The van der Waals surface area contributed by atoms with Crippen molar-refractivity contribution in [2.24, 2.45) is 0 Å². The number of carbonyl (C=O) groups excluding carboxylic acids is 1. The number of benzene rings is 1. The molecule has 1 aromatic rings. The highest BCUT2D eigenvalue weighted by Crippen LogP contribution is 2.39. The molecule has 2 aliphatic heterocycles. The Morgan fingerprint density at radius 3 is 2.46 bits per heavy atom. The summed E-state index contributed by atoms with van der Waals surface area (Å²) in [6.45, 7) is 5.68. The van der Waals surface area contributed by atoms with Crippen LogP contribution in [0.15, 0.2) is 18.2 Å². The van der Waals surface area contributed by atoms with Crippen molar-refractivity contribution in [3.05, 3.63) is 23.2 Å². The fourth-order valence-corrected chi connectivity index (χ4v) is 3.92. The molecular formula is C18H25ClN2O3. The molecule has 0 aromatic heterocycles. The molecule has 5 nitrogen and oxygen atoms in total. The van der Waals surface area contributed by atoms with E-state index < -0.39 is 5.60 Å². The van der Waals surface area contributed by atoms with Crippen molar-refractivity contribution in [2.75, 3.05) is 5.32 Å². The summed E-state index contributed by atoms with van der Waals surface area (Å²) in [5, 5.41) is 13.9. The van der Waals surface area contributed by atoms with E-state index in [4.69, 9.17) is 16.3 Å². The number of aromatic hydroxyl groups is 1. The van der Waals surface area contributed by atoms with E-state index in [0.29, 0.717) is 10.7 Å². The number of carbonyl (C=O) groups is 1. The number of amides is 1. The molecular weight excluding hydrogens is 328 g/mol. The highest BCUT2D eigenvalue weighted by Gasteiger charge is 2.44. The van der Waals surface area contributed by atoms with Gasteiger partial charge in [-0.1, -0.05) is 11.6 Å². The zero-order chi connectivity index (χ0) is 17.5. The standard InChI is InChI=1S/C18H25ClN2O3/c1-18(2,3)24-17(23)21-13-5-6-14(21)10-12(9-13)20-15-7-4-11(19)8-16(15)22/h4,7-8,12-14,20,22H,5-6,9-10H2,1-3H3/t12?,13-,14+. The zero-order valence-electron chi connectivity index (χ0n) is 14.4. The Labute approximate surface area is 147 Å². The highest BCUT2D eigenvalue weighted by atomic mass is 35.5. The lowest BCUT2D eigenvalue weighted by Crippen LogP contribution is -2.51. The molecule has 0 radical (unpaired) electrons. The number of hydrogen-bond acceptors (Lipinski definition) is 4. The molecule has 0 aliphatic carbocycles. The first-order valence-corrected chi connectivity index (χ1v) is 8.87. The van der Waals surface area contributed by atoms with Crippen molar-refractivity contribution in [1.82, 2.24) is 4.90 Å². The van der Waals surface area contributed by atoms with Crippen LogP contribution in [0, 0.1) is 0 Å². The maximum absolute atomic E-state index is 12.5. The Balaban J connectivity index is 1.66. The van der Waals surface area contributed by atoms with Gasteiger partial charge in [0.25, 0.3) is 0 Å². The first kappa shape index (κ1) is 17.2. The number of halogens is 1. The minimum atomic E-state index is -0.472. The Kier molecular flexibility index (Phi) is 4.56. The van der Waals surface area contributed by atoms with Gasteiger partial charge in [0.05, 0.1) is 5.69 Å². The summed E-state index contributed by atoms with van der Waals surface area (Å²) in [5.74, 6) is 0.157. The second kappa shape index (κ2) is 6.36. The Morgan fingerprint density at radius 2 is 1.92 bits per heavy atom. The number of ether oxygens (including phenoxy) is 1. The zero-order valence-corrected chi connectivity index (χ0v) is 15.1. The van der Waals surface area contributed by atoms with Crippen molar-refractivity contribution in [3.8, 4) is 5.75 Å². The number of phenols is 1. The quantitative estimate of drug-likeness (QED) is 0.775. The van der Waals surface area contributed by atoms with Crippen molar-refractivity contribution in [3.63, 3.8) is 0 Å². The maximum atomic E-state index is 12.5. The number of piperidine rings is 1. The molecule has 2 fully saturated rings. The number of nitrogens with zero attached hydrogens (tertiary/aromatic N) is 1. The number of anilines is 1. The number of rotatable bonds is 2. The van der Waals surface area contributed by atoms with E-state index in [2.05, 4.69) is 5.32 Å². The normalized spacial score (nSPS) is 26.3. The van der Waals surface area contributed by atoms with Crippen LogP contribution in [0.4, 0.5) is 10.5 Å². The van der Waals surface area contributed by atoms with Crippen molar-refractivity contribution in [2.45, 2.75) is 70.2 Å². The van der Waals surface area contributed by atoms with Gasteiger partial charge in [0.1, 0.15) is 11.4 Å². The van der Waals surface area contributed by atoms with E-state index in [9.17, 15) is 9.90 Å². The van der Waals surface area contributed by atoms with E-state index in [-0.39, 0.29) is 30.0 Å². The molecule has 2 heterocycles. The van der Waals surface area contributed by atoms with Crippen molar-refractivity contribution < 1.29 is 14.6 Å². The van der Waals surface area contributed by atoms with E-state index in [0.717, 1.165) is 25.7 Å². The molecule has 24 heavy (non-hydrogen) atoms. The molecule has 2 aliphatic rings. The van der Waals surface area contributed by atoms with E-state index >= 15 is 0 Å². The van der Waals surface area contributed by atoms with Crippen LogP contribution in [0.5, 0.6) is 5.75 Å². The van der Waals surface area contributed by atoms with Crippen LogP contribution in [0.25, 0.3) is 0 Å². The van der Waals surface area contributed by atoms with Gasteiger partial charge in [-0.3, -0.25) is 0 Å². The molecule has 1 unspecified atom stereocenters. The van der Waals surface area contributed by atoms with Crippen LogP contribution in [-0.2, 0) is 4.74 Å². The largest absolute Gasteiger partial charge is 0.506 e. The smallest absolute Gasteiger partial charge is 0.410 e. The topological polar surface area (TPSA) is 61.8 Å². The number of fused-ring (bicyclic) bond motifs is 2. The highest BCUT2D eigenvalue weighted by molar-refractivity contribution is 6.30. The van der Waals surface area contributed by atoms with Gasteiger partial charge in [0.2, 0.25) is 0 Å². The van der Waals surface area contributed by atoms with Gasteiger partial charge in [0, 0.05) is 29.2 Å². The van der Waals surface area contributed by atoms with Gasteiger partial charge in [-0.25, -0.2) is 4.79 Å². The molecule has 2 N–H and O–H groups in total. The molecule has 6 heteroatoms. The van der Waals surface area contributed by atoms with Crippen LogP contribution in [-0.4, -0.2) is 39.8 Å². The average Bonchev–Trinajstić information content (AvgIpc) is 2.72. The van der Waals surface area contributed by atoms with E-state index in [1.807, 2.05) is 25.7 Å². The van der Waals surface area contributed by atoms with Crippen LogP contribution in [0.2, 0.25) is 5.02 Å². The van der Waals surface area contributed by atoms with E-state index in [1.54, 1.807) is 12.1 Å². The minimum Gasteiger partial charge on any atom is -0.506 e. The summed E-state index contributed by atoms with van der Waals surface area (Å²) in [5.41, 5.74) is 0.218. The number of hydrogen-bond donors (Lipinski definition) is 2. The summed E-state index contributed by atoms with van der Waals surface area (Å²) in [6.07, 6.45) is 3.53. The lowest BCUT2D eigenvalue weighted by atomic mass is 9.97. The molecule has 0 spiro atoms. The number of phenolic OH excluding ortho intramolecular Hbond substituents is 1. The first-order chi connectivity index (χ1) is 11.2. The Morgan fingerprint density at radius 1 is 1.29 bits per heavy atom. The Hall–Kier alpha value is -1.62. The first-order valence-electron chi connectivity index (χ1n) is 8.49. The minimum absolute atomic E-state index is 0.157. The fraction of sp³-hybridized carbons (Fsp3) is 0.611. The molecule has 2 saturated heterocycles. The summed E-state index contributed by atoms with van der Waals surface area (Å²) in [6, 6.07) is 5.71. The van der Waals surface area contributed by atoms with Crippen LogP contribution in [0.1, 0.15) is 46.5 Å². The third-order valence-electron chi connectivity index (χ3n) is 4.66. The van der Waals surface area contributed by atoms with Gasteiger partial charge in [-0.15, -0.1) is 0 Å². The van der Waals surface area contributed by atoms with E-state index in [1.165, 1.54) is 6.07 Å². The molecule has 1 aromatic carbocycles. The molecule has 1 amide bonds. The third kappa shape index (κ3) is 3.72. The Bertz CT molecular complexity index is 615. The molecule has 3 rings (SSSR count). The summed E-state index contributed by atoms with van der Waals surface area (Å²) in [4.78, 5) is 14.4. The van der Waals surface area contributed by atoms with Gasteiger partial charge < -0.3 is 20.1 Å². The van der Waals surface area contributed by atoms with Gasteiger partial charge in [0.15, 0.2) is 0 Å². The lowest BCUT2D eigenvalue weighted by Gasteiger charge is -2.40. The third-order valence-corrected chi connectivity index (χ3v) is 4.89. The fourth-order valence-electron chi connectivity index (χ4n) is 3.75. The monoisotopic (exact) mass is 352 g/mol. The second-order valence-corrected chi connectivity index (χ2v) is 8.18. The SMILES string of the molecule is CC(C)(C)OC(=O)N1[C@@H]2CC[C@H]1CC(Nc1ccc(Cl)cc1O)C2. The van der Waals surface area contributed by atoms with Gasteiger partial charge >= 0.3 is 6.09 Å². The second-order valence-electron chi connectivity index (χ2n) is 7.75. The summed E-state index contributed by atoms with van der Waals surface area (Å²) in [7, 11) is 0. The van der Waals surface area contributed by atoms with Crippen LogP contribution in [0.3, 0.4) is 0 Å². The molecule has 2 bridgehead atoms. The molecule has 132 valence electrons. The lowest BCUT2D eigenvalue weighted by molar-refractivity contribution is 0.00682. The summed E-state index contributed by atoms with van der Waals surface area (Å²) >= 11 is 5.88. The van der Waals surface area contributed by atoms with Crippen molar-refractivity contribution >= 4 is 23.4 Å². The van der Waals surface area contributed by atoms with Crippen LogP contribution < -0.4 is 5.32 Å². The van der Waals surface area contributed by atoms with Crippen molar-refractivity contribution in [1.29, 1.82) is 0 Å². The molecule has 0 saturated carbocycles. The average molecular weight is 353 g/mol. The van der Waals surface area contributed by atoms with Gasteiger partial charge in [-0.05, 0) is 58.6 Å². The van der Waals surface area contributed by atoms with Gasteiger partial charge in [-0.2, -0.15) is 0 Å².